The summed E-state index contributed by atoms with van der Waals surface area (Å²) in [5, 5.41) is 8.84. The first kappa shape index (κ1) is 34.6. The molecule has 0 unspecified atom stereocenters. The molecule has 3 aromatic heterocycles. The van der Waals surface area contributed by atoms with Crippen molar-refractivity contribution in [3.63, 3.8) is 0 Å². The first-order valence-corrected chi connectivity index (χ1v) is 17.1. The van der Waals surface area contributed by atoms with Crippen LogP contribution in [0.1, 0.15) is 20.8 Å². The molecule has 12 nitrogen and oxygen atoms in total. The normalized spacial score (nSPS) is 12.9. The average Bonchev–Trinajstić information content (AvgIpc) is 3.63. The zero-order valence-corrected chi connectivity index (χ0v) is 30.0. The van der Waals surface area contributed by atoms with Crippen LogP contribution in [0.15, 0.2) is 91.1 Å². The number of carbonyl (C=O) groups is 2. The van der Waals surface area contributed by atoms with Crippen molar-refractivity contribution >= 4 is 52.2 Å². The maximum atomic E-state index is 14.0. The number of pyridine rings is 1. The molecule has 0 radical (unpaired) electrons. The van der Waals surface area contributed by atoms with Crippen LogP contribution in [0, 0.1) is 0 Å². The summed E-state index contributed by atoms with van der Waals surface area (Å²) < 4.78 is 18.1. The van der Waals surface area contributed by atoms with Gasteiger partial charge in [0.1, 0.15) is 11.5 Å². The molecule has 7 rings (SSSR count). The lowest BCUT2D eigenvalue weighted by atomic mass is 10.1. The summed E-state index contributed by atoms with van der Waals surface area (Å²) in [5.74, 6) is 1.24. The third-order valence-corrected chi connectivity index (χ3v) is 9.49. The van der Waals surface area contributed by atoms with Crippen molar-refractivity contribution in [3.05, 3.63) is 112 Å². The van der Waals surface area contributed by atoms with Gasteiger partial charge in [-0.15, -0.1) is 0 Å². The molecule has 6 aromatic rings. The second kappa shape index (κ2) is 14.8. The van der Waals surface area contributed by atoms with Gasteiger partial charge < -0.3 is 29.3 Å². The number of aromatic nitrogens is 4. The van der Waals surface area contributed by atoms with E-state index in [-0.39, 0.29) is 17.5 Å². The Balaban J connectivity index is 1.12. The van der Waals surface area contributed by atoms with Crippen molar-refractivity contribution in [2.75, 3.05) is 52.8 Å². The molecule has 1 fully saturated rings. The van der Waals surface area contributed by atoms with Gasteiger partial charge in [0.05, 0.1) is 48.3 Å². The number of fused-ring (bicyclic) bond motifs is 1. The second-order valence-corrected chi connectivity index (χ2v) is 12.7. The van der Waals surface area contributed by atoms with E-state index in [0.29, 0.717) is 87.6 Å². The molecule has 1 N–H and O–H groups in total. The molecule has 1 aliphatic heterocycles. The highest BCUT2D eigenvalue weighted by atomic mass is 35.5. The fourth-order valence-corrected chi connectivity index (χ4v) is 6.41. The molecule has 14 heteroatoms. The third kappa shape index (κ3) is 6.78. The van der Waals surface area contributed by atoms with Crippen molar-refractivity contribution in [2.24, 2.45) is 0 Å². The lowest BCUT2D eigenvalue weighted by Gasteiger charge is -2.35. The molecule has 0 atom stereocenters. The van der Waals surface area contributed by atoms with E-state index in [1.807, 2.05) is 42.5 Å². The van der Waals surface area contributed by atoms with Gasteiger partial charge in [0.15, 0.2) is 17.1 Å². The van der Waals surface area contributed by atoms with Crippen molar-refractivity contribution < 1.29 is 23.8 Å². The molecule has 4 heterocycles. The third-order valence-electron chi connectivity index (χ3n) is 8.75. The summed E-state index contributed by atoms with van der Waals surface area (Å²) in [6.45, 7) is 1.25. The number of hydrogen-bond acceptors (Lipinski definition) is 9. The molecule has 2 amide bonds. The largest absolute Gasteiger partial charge is 0.493 e. The summed E-state index contributed by atoms with van der Waals surface area (Å²) in [7, 11) is 4.59. The monoisotopic (exact) mass is 737 g/mol. The quantitative estimate of drug-likeness (QED) is 0.165. The van der Waals surface area contributed by atoms with Gasteiger partial charge >= 0.3 is 0 Å². The topological polar surface area (TPSA) is 123 Å². The lowest BCUT2D eigenvalue weighted by molar-refractivity contribution is 0.0533. The molecule has 52 heavy (non-hydrogen) atoms. The summed E-state index contributed by atoms with van der Waals surface area (Å²) in [6.07, 6.45) is 1.60. The maximum Gasteiger partial charge on any atom is 0.272 e. The lowest BCUT2D eigenvalue weighted by Crippen LogP contribution is -2.50. The molecular weight excluding hydrogens is 705 g/mol. The van der Waals surface area contributed by atoms with E-state index in [1.165, 1.54) is 21.3 Å². The zero-order chi connectivity index (χ0) is 36.4. The molecule has 0 spiro atoms. The number of halogens is 2. The highest BCUT2D eigenvalue weighted by Crippen LogP contribution is 2.41. The van der Waals surface area contributed by atoms with Crippen LogP contribution in [0.3, 0.4) is 0 Å². The van der Waals surface area contributed by atoms with E-state index in [0.717, 1.165) is 11.1 Å². The van der Waals surface area contributed by atoms with Crippen molar-refractivity contribution in [1.29, 1.82) is 0 Å². The van der Waals surface area contributed by atoms with E-state index in [4.69, 9.17) is 47.5 Å². The van der Waals surface area contributed by atoms with Crippen LogP contribution in [0.25, 0.3) is 28.2 Å². The minimum atomic E-state index is -0.260. The summed E-state index contributed by atoms with van der Waals surface area (Å²) in [5.41, 5.74) is 4.70. The zero-order valence-electron chi connectivity index (χ0n) is 28.5. The van der Waals surface area contributed by atoms with Crippen molar-refractivity contribution in [3.8, 4) is 39.8 Å². The van der Waals surface area contributed by atoms with Crippen LogP contribution in [-0.4, -0.2) is 88.7 Å². The number of nitrogens with zero attached hydrogens (tertiary/aromatic N) is 6. The summed E-state index contributed by atoms with van der Waals surface area (Å²) in [6, 6.07) is 25.5. The maximum absolute atomic E-state index is 14.0. The number of methoxy groups -OCH3 is 3. The van der Waals surface area contributed by atoms with Crippen LogP contribution < -0.4 is 19.5 Å². The summed E-state index contributed by atoms with van der Waals surface area (Å²) in [4.78, 5) is 40.5. The van der Waals surface area contributed by atoms with Crippen LogP contribution in [0.2, 0.25) is 10.0 Å². The molecule has 0 bridgehead atoms. The predicted octanol–water partition coefficient (Wildman–Crippen LogP) is 7.13. The molecule has 1 saturated heterocycles. The smallest absolute Gasteiger partial charge is 0.272 e. The number of anilines is 2. The van der Waals surface area contributed by atoms with Gasteiger partial charge in [-0.3, -0.25) is 9.59 Å². The van der Waals surface area contributed by atoms with E-state index in [1.54, 1.807) is 63.0 Å². The standard InChI is InChI=1S/C38H33Cl2N7O5/c1-50-32-19-25(20-33(51-2)35(32)52-3)42-36-26(10-7-13-41-36)37(48)45-14-16-46(17-15-45)38(49)30-21-31(24-11-12-27(39)28(40)18-24)47-34(43-30)22-29(44-47)23-8-5-4-6-9-23/h4-13,18-22H,14-17H2,1-3H3,(H,41,42). The fraction of sp³-hybridized carbons (Fsp3) is 0.184. The van der Waals surface area contributed by atoms with E-state index >= 15 is 0 Å². The van der Waals surface area contributed by atoms with Gasteiger partial charge in [0, 0.05) is 67.4 Å². The van der Waals surface area contributed by atoms with Crippen molar-refractivity contribution in [2.45, 2.75) is 0 Å². The van der Waals surface area contributed by atoms with Gasteiger partial charge in [0.25, 0.3) is 11.8 Å². The first-order chi connectivity index (χ1) is 25.3. The molecule has 0 aliphatic carbocycles. The number of ether oxygens (including phenoxy) is 3. The Morgan fingerprint density at radius 1 is 0.731 bits per heavy atom. The number of piperazine rings is 1. The van der Waals surface area contributed by atoms with E-state index in [2.05, 4.69) is 10.3 Å². The summed E-state index contributed by atoms with van der Waals surface area (Å²) >= 11 is 12.6. The Labute approximate surface area is 309 Å². The number of benzene rings is 3. The first-order valence-electron chi connectivity index (χ1n) is 16.3. The van der Waals surface area contributed by atoms with Gasteiger partial charge in [0.2, 0.25) is 5.75 Å². The minimum Gasteiger partial charge on any atom is -0.493 e. The van der Waals surface area contributed by atoms with Crippen LogP contribution in [0.5, 0.6) is 17.2 Å². The minimum absolute atomic E-state index is 0.218. The van der Waals surface area contributed by atoms with Crippen LogP contribution in [-0.2, 0) is 0 Å². The van der Waals surface area contributed by atoms with Crippen molar-refractivity contribution in [1.82, 2.24) is 29.4 Å². The van der Waals surface area contributed by atoms with Crippen LogP contribution >= 0.6 is 23.2 Å². The molecule has 3 aromatic carbocycles. The fourth-order valence-electron chi connectivity index (χ4n) is 6.11. The molecule has 1 aliphatic rings. The number of carbonyl (C=O) groups excluding carboxylic acids is 2. The SMILES string of the molecule is COc1cc(Nc2ncccc2C(=O)N2CCN(C(=O)c3cc(-c4ccc(Cl)c(Cl)c4)n4nc(-c5ccccc5)cc4n3)CC2)cc(OC)c1OC. The Morgan fingerprint density at radius 2 is 1.42 bits per heavy atom. The van der Waals surface area contributed by atoms with Crippen LogP contribution in [0.4, 0.5) is 11.5 Å². The highest BCUT2D eigenvalue weighted by molar-refractivity contribution is 6.42. The number of nitrogens with one attached hydrogen (secondary N) is 1. The van der Waals surface area contributed by atoms with Gasteiger partial charge in [-0.05, 0) is 30.3 Å². The Hall–Kier alpha value is -5.85. The molecular formula is C38H33Cl2N7O5. The molecule has 264 valence electrons. The Kier molecular flexibility index (Phi) is 9.84. The van der Waals surface area contributed by atoms with E-state index in [9.17, 15) is 9.59 Å². The average molecular weight is 739 g/mol. The number of hydrogen-bond donors (Lipinski definition) is 1. The van der Waals surface area contributed by atoms with E-state index < -0.39 is 0 Å². The second-order valence-electron chi connectivity index (χ2n) is 11.8. The van der Waals surface area contributed by atoms with Gasteiger partial charge in [-0.25, -0.2) is 14.5 Å². The number of amides is 2. The molecule has 0 saturated carbocycles. The predicted molar refractivity (Wildman–Crippen MR) is 199 cm³/mol. The Morgan fingerprint density at radius 3 is 2.08 bits per heavy atom. The highest BCUT2D eigenvalue weighted by Gasteiger charge is 2.29. The Bertz CT molecular complexity index is 2270. The van der Waals surface area contributed by atoms with Gasteiger partial charge in [-0.2, -0.15) is 5.10 Å². The van der Waals surface area contributed by atoms with Gasteiger partial charge in [-0.1, -0.05) is 59.6 Å². The number of rotatable bonds is 9.